The predicted octanol–water partition coefficient (Wildman–Crippen LogP) is 0.459. The van der Waals surface area contributed by atoms with Gasteiger partial charge in [-0.05, 0) is 18.1 Å². The Kier molecular flexibility index (Phi) is 9.28. The van der Waals surface area contributed by atoms with Crippen molar-refractivity contribution in [2.75, 3.05) is 33.9 Å². The molecule has 0 spiro atoms. The average molecular weight is 395 g/mol. The molecule has 3 N–H and O–H groups in total. The van der Waals surface area contributed by atoms with Crippen molar-refractivity contribution < 1.29 is 33.4 Å². The summed E-state index contributed by atoms with van der Waals surface area (Å²) >= 11 is 0. The van der Waals surface area contributed by atoms with Gasteiger partial charge in [0.05, 0.1) is 14.2 Å². The molecule has 0 heterocycles. The summed E-state index contributed by atoms with van der Waals surface area (Å²) in [5.74, 6) is -1.10. The average Bonchev–Trinajstić information content (AvgIpc) is 2.68. The third-order valence-electron chi connectivity index (χ3n) is 3.29. The minimum atomic E-state index is -0.832. The van der Waals surface area contributed by atoms with E-state index in [9.17, 15) is 19.2 Å². The zero-order chi connectivity index (χ0) is 21.1. The molecule has 0 fully saturated rings. The molecule has 0 aliphatic rings. The van der Waals surface area contributed by atoms with Gasteiger partial charge in [0, 0.05) is 18.2 Å². The first-order valence-corrected chi connectivity index (χ1v) is 8.49. The van der Waals surface area contributed by atoms with Crippen LogP contribution in [0.15, 0.2) is 18.2 Å². The largest absolute Gasteiger partial charge is 0.497 e. The van der Waals surface area contributed by atoms with Gasteiger partial charge in [0.25, 0.3) is 11.8 Å². The molecule has 1 aromatic carbocycles. The Bertz CT molecular complexity index is 697. The molecule has 0 bridgehead atoms. The lowest BCUT2D eigenvalue weighted by Gasteiger charge is -2.10. The van der Waals surface area contributed by atoms with Crippen molar-refractivity contribution in [1.29, 1.82) is 0 Å². The van der Waals surface area contributed by atoms with E-state index in [4.69, 9.17) is 14.2 Å². The van der Waals surface area contributed by atoms with Crippen molar-refractivity contribution in [3.63, 3.8) is 0 Å². The predicted molar refractivity (Wildman–Crippen MR) is 99.2 cm³/mol. The normalized spacial score (nSPS) is 10.0. The molecule has 0 saturated carbocycles. The van der Waals surface area contributed by atoms with Gasteiger partial charge in [0.15, 0.2) is 6.61 Å². The summed E-state index contributed by atoms with van der Waals surface area (Å²) in [4.78, 5) is 46.8. The number of methoxy groups -OCH3 is 2. The zero-order valence-corrected chi connectivity index (χ0v) is 16.3. The second kappa shape index (κ2) is 11.4. The summed E-state index contributed by atoms with van der Waals surface area (Å²) in [5.41, 5.74) is 0.226. The van der Waals surface area contributed by atoms with Crippen LogP contribution in [0.2, 0.25) is 0 Å². The van der Waals surface area contributed by atoms with Crippen LogP contribution < -0.4 is 25.4 Å². The molecule has 1 rings (SSSR count). The molecule has 10 heteroatoms. The van der Waals surface area contributed by atoms with Crippen molar-refractivity contribution in [3.8, 4) is 11.5 Å². The number of esters is 1. The second-order valence-corrected chi connectivity index (χ2v) is 6.10. The molecule has 10 nitrogen and oxygen atoms in total. The molecule has 0 radical (unpaired) electrons. The van der Waals surface area contributed by atoms with Crippen LogP contribution in [0.4, 0.5) is 4.79 Å². The maximum absolute atomic E-state index is 12.1. The highest BCUT2D eigenvalue weighted by molar-refractivity contribution is 5.97. The number of imide groups is 1. The summed E-state index contributed by atoms with van der Waals surface area (Å²) in [6.07, 6.45) is 0. The van der Waals surface area contributed by atoms with Gasteiger partial charge in [-0.15, -0.1) is 0 Å². The van der Waals surface area contributed by atoms with E-state index in [0.29, 0.717) is 18.0 Å². The van der Waals surface area contributed by atoms with Gasteiger partial charge < -0.3 is 24.8 Å². The van der Waals surface area contributed by atoms with E-state index in [1.54, 1.807) is 6.07 Å². The molecule has 0 saturated heterocycles. The highest BCUT2D eigenvalue weighted by Crippen LogP contribution is 2.22. The van der Waals surface area contributed by atoms with Crippen molar-refractivity contribution in [1.82, 2.24) is 16.0 Å². The molecular formula is C18H25N3O7. The SMILES string of the molecule is COc1cc(OC)cc(C(=O)NCC(=O)OCC(=O)NC(=O)NCC(C)C)c1. The Balaban J connectivity index is 2.41. The van der Waals surface area contributed by atoms with Gasteiger partial charge in [-0.25, -0.2) is 4.79 Å². The standard InChI is InChI=1S/C18H25N3O7/c1-11(2)8-20-18(25)21-15(22)10-28-16(23)9-19-17(24)12-5-13(26-3)7-14(6-12)27-4/h5-7,11H,8-10H2,1-4H3,(H,19,24)(H2,20,21,22,25). The summed E-state index contributed by atoms with van der Waals surface area (Å²) in [5, 5.41) is 6.88. The maximum Gasteiger partial charge on any atom is 0.325 e. The fourth-order valence-corrected chi connectivity index (χ4v) is 1.89. The van der Waals surface area contributed by atoms with Gasteiger partial charge in [-0.1, -0.05) is 13.8 Å². The van der Waals surface area contributed by atoms with Crippen LogP contribution in [0.1, 0.15) is 24.2 Å². The minimum Gasteiger partial charge on any atom is -0.497 e. The van der Waals surface area contributed by atoms with Crippen LogP contribution in [-0.4, -0.2) is 57.7 Å². The summed E-state index contributed by atoms with van der Waals surface area (Å²) in [7, 11) is 2.89. The van der Waals surface area contributed by atoms with Crippen molar-refractivity contribution in [2.45, 2.75) is 13.8 Å². The van der Waals surface area contributed by atoms with E-state index >= 15 is 0 Å². The lowest BCUT2D eigenvalue weighted by Crippen LogP contribution is -2.43. The molecule has 0 aromatic heterocycles. The topological polar surface area (TPSA) is 132 Å². The first-order chi connectivity index (χ1) is 13.2. The number of urea groups is 1. The molecule has 4 amide bonds. The highest BCUT2D eigenvalue weighted by atomic mass is 16.5. The van der Waals surface area contributed by atoms with Gasteiger partial charge in [-0.2, -0.15) is 0 Å². The molecule has 28 heavy (non-hydrogen) atoms. The van der Waals surface area contributed by atoms with Crippen LogP contribution in [-0.2, 0) is 14.3 Å². The summed E-state index contributed by atoms with van der Waals surface area (Å²) < 4.78 is 14.9. The van der Waals surface area contributed by atoms with Crippen LogP contribution in [0.5, 0.6) is 11.5 Å². The number of carbonyl (C=O) groups excluding carboxylic acids is 4. The molecule has 1 aromatic rings. The van der Waals surface area contributed by atoms with E-state index in [-0.39, 0.29) is 11.5 Å². The molecule has 0 aliphatic heterocycles. The molecule has 0 unspecified atom stereocenters. The van der Waals surface area contributed by atoms with E-state index < -0.39 is 37.0 Å². The second-order valence-electron chi connectivity index (χ2n) is 6.10. The Morgan fingerprint density at radius 3 is 2.11 bits per heavy atom. The first-order valence-electron chi connectivity index (χ1n) is 8.49. The smallest absolute Gasteiger partial charge is 0.325 e. The fraction of sp³-hybridized carbons (Fsp3) is 0.444. The summed E-state index contributed by atoms with van der Waals surface area (Å²) in [6, 6.07) is 3.88. The molecular weight excluding hydrogens is 370 g/mol. The lowest BCUT2D eigenvalue weighted by molar-refractivity contribution is -0.147. The number of carbonyl (C=O) groups is 4. The first kappa shape index (κ1) is 22.7. The quantitative estimate of drug-likeness (QED) is 0.518. The number of nitrogens with one attached hydrogen (secondary N) is 3. The minimum absolute atomic E-state index is 0.226. The maximum atomic E-state index is 12.1. The van der Waals surface area contributed by atoms with Gasteiger partial charge in [-0.3, -0.25) is 19.7 Å². The van der Waals surface area contributed by atoms with Gasteiger partial charge in [0.2, 0.25) is 0 Å². The third kappa shape index (κ3) is 8.39. The van der Waals surface area contributed by atoms with E-state index in [2.05, 4.69) is 10.6 Å². The van der Waals surface area contributed by atoms with Crippen LogP contribution in [0, 0.1) is 5.92 Å². The molecule has 154 valence electrons. The number of hydrogen-bond acceptors (Lipinski definition) is 7. The Morgan fingerprint density at radius 2 is 1.57 bits per heavy atom. The third-order valence-corrected chi connectivity index (χ3v) is 3.29. The van der Waals surface area contributed by atoms with Gasteiger partial charge in [0.1, 0.15) is 18.0 Å². The van der Waals surface area contributed by atoms with E-state index in [1.807, 2.05) is 19.2 Å². The Hall–Kier alpha value is -3.30. The fourth-order valence-electron chi connectivity index (χ4n) is 1.89. The van der Waals surface area contributed by atoms with Crippen molar-refractivity contribution in [2.24, 2.45) is 5.92 Å². The molecule has 0 atom stereocenters. The van der Waals surface area contributed by atoms with Crippen LogP contribution in [0.25, 0.3) is 0 Å². The van der Waals surface area contributed by atoms with Gasteiger partial charge >= 0.3 is 12.0 Å². The number of amides is 4. The van der Waals surface area contributed by atoms with E-state index in [1.165, 1.54) is 26.4 Å². The monoisotopic (exact) mass is 395 g/mol. The van der Waals surface area contributed by atoms with Crippen LogP contribution >= 0.6 is 0 Å². The summed E-state index contributed by atoms with van der Waals surface area (Å²) in [6.45, 7) is 3.11. The molecule has 0 aliphatic carbocycles. The van der Waals surface area contributed by atoms with Crippen molar-refractivity contribution >= 4 is 23.8 Å². The number of rotatable bonds is 9. The number of ether oxygens (including phenoxy) is 3. The van der Waals surface area contributed by atoms with E-state index in [0.717, 1.165) is 0 Å². The lowest BCUT2D eigenvalue weighted by atomic mass is 10.2. The number of benzene rings is 1. The Labute approximate surface area is 162 Å². The van der Waals surface area contributed by atoms with Crippen LogP contribution in [0.3, 0.4) is 0 Å². The number of hydrogen-bond donors (Lipinski definition) is 3. The highest BCUT2D eigenvalue weighted by Gasteiger charge is 2.14. The zero-order valence-electron chi connectivity index (χ0n) is 16.3. The Morgan fingerprint density at radius 1 is 0.964 bits per heavy atom. The van der Waals surface area contributed by atoms with Crippen molar-refractivity contribution in [3.05, 3.63) is 23.8 Å².